The minimum atomic E-state index is -0.931. The van der Waals surface area contributed by atoms with Gasteiger partial charge in [0.15, 0.2) is 23.0 Å². The Labute approximate surface area is 588 Å². The molecule has 0 bridgehead atoms. The average Bonchev–Trinajstić information content (AvgIpc) is 1.69. The minimum Gasteiger partial charge on any atom is -0.493 e. The smallest absolute Gasteiger partial charge is 0.260 e. The third-order valence-electron chi connectivity index (χ3n) is 17.2. The molecule has 4 atom stereocenters. The number of carbonyl (C=O) groups is 8. The standard InChI is InChI=1S/C72H95N9O20/c1-47(2)68(78-65(83)16-21-92-23-25-94-27-29-96-31-33-98-35-36-99-34-32-97-30-28-95-26-24-93-22-17-73-64(82)15-18-79-66(84)13-14-67(79)85)70(87)76-48(3)69(86)77-53-11-9-50(10-12-53)52-38-55-44-75-59-42-63(61(91-5)40-57(59)72(89)81(55)46-52)101-20-6-19-100-62-41-58-56(39-60(62)90-4)71(88)80-45-51(49-7-8-49)37-54(80)43-74-58/h9-14,39-43,45-49,54-55,68,75H,6-8,15-38,44H2,1-5H3,(H,73,82)(H,76,87)(H,77,86)(H,78,83). The van der Waals surface area contributed by atoms with E-state index in [0.717, 1.165) is 22.5 Å². The molecule has 0 radical (unpaired) electrons. The summed E-state index contributed by atoms with van der Waals surface area (Å²) in [6.45, 7) is 12.2. The van der Waals surface area contributed by atoms with Gasteiger partial charge in [-0.15, -0.1) is 0 Å². The minimum absolute atomic E-state index is 0.0181. The van der Waals surface area contributed by atoms with Crippen LogP contribution in [0.2, 0.25) is 0 Å². The van der Waals surface area contributed by atoms with Gasteiger partial charge in [-0.1, -0.05) is 26.0 Å². The number of benzene rings is 3. The number of hydrogen-bond acceptors (Lipinski definition) is 22. The van der Waals surface area contributed by atoms with Crippen LogP contribution in [-0.2, 0) is 66.7 Å². The highest BCUT2D eigenvalue weighted by Crippen LogP contribution is 2.45. The molecule has 1 fully saturated rings. The molecule has 548 valence electrons. The van der Waals surface area contributed by atoms with Gasteiger partial charge in [0.25, 0.3) is 23.6 Å². The molecule has 29 nitrogen and oxygen atoms in total. The van der Waals surface area contributed by atoms with Crippen LogP contribution in [0, 0.1) is 11.8 Å². The lowest BCUT2D eigenvalue weighted by Gasteiger charge is -2.24. The van der Waals surface area contributed by atoms with Crippen LogP contribution in [0.1, 0.15) is 92.0 Å². The maximum Gasteiger partial charge on any atom is 0.260 e. The summed E-state index contributed by atoms with van der Waals surface area (Å²) in [6, 6.07) is 12.1. The fraction of sp³-hybridized carbons (Fsp3) is 0.542. The molecule has 101 heavy (non-hydrogen) atoms. The van der Waals surface area contributed by atoms with Crippen LogP contribution in [0.25, 0.3) is 5.57 Å². The molecule has 4 unspecified atom stereocenters. The highest BCUT2D eigenvalue weighted by atomic mass is 16.6. The molecular weight excluding hydrogens is 1310 g/mol. The summed E-state index contributed by atoms with van der Waals surface area (Å²) >= 11 is 0. The van der Waals surface area contributed by atoms with E-state index in [1.165, 1.54) is 37.7 Å². The number of rotatable bonds is 46. The molecule has 3 aromatic rings. The van der Waals surface area contributed by atoms with E-state index in [0.29, 0.717) is 176 Å². The van der Waals surface area contributed by atoms with Crippen molar-refractivity contribution < 1.29 is 95.2 Å². The maximum absolute atomic E-state index is 14.2. The number of amides is 8. The number of imide groups is 1. The Kier molecular flexibility index (Phi) is 29.8. The van der Waals surface area contributed by atoms with Crippen LogP contribution in [-0.4, -0.2) is 245 Å². The molecule has 0 spiro atoms. The number of hydrogen-bond donors (Lipinski definition) is 5. The van der Waals surface area contributed by atoms with Crippen molar-refractivity contribution in [2.75, 3.05) is 163 Å². The van der Waals surface area contributed by atoms with Crippen molar-refractivity contribution in [1.82, 2.24) is 30.7 Å². The first-order valence-corrected chi connectivity index (χ1v) is 34.6. The van der Waals surface area contributed by atoms with E-state index in [1.807, 2.05) is 30.7 Å². The van der Waals surface area contributed by atoms with E-state index in [9.17, 15) is 38.4 Å². The Balaban J connectivity index is 0.570. The molecule has 0 aromatic heterocycles. The second-order valence-corrected chi connectivity index (χ2v) is 25.0. The molecule has 1 saturated carbocycles. The quantitative estimate of drug-likeness (QED) is 0.0367. The van der Waals surface area contributed by atoms with Crippen molar-refractivity contribution in [3.05, 3.63) is 95.3 Å². The Morgan fingerprint density at radius 2 is 1.14 bits per heavy atom. The van der Waals surface area contributed by atoms with Gasteiger partial charge in [0.05, 0.1) is 168 Å². The largest absolute Gasteiger partial charge is 0.493 e. The van der Waals surface area contributed by atoms with E-state index in [1.54, 1.807) is 74.1 Å². The monoisotopic (exact) mass is 1410 g/mol. The van der Waals surface area contributed by atoms with Crippen molar-refractivity contribution in [3.8, 4) is 23.0 Å². The summed E-state index contributed by atoms with van der Waals surface area (Å²) in [5, 5.41) is 14.5. The van der Waals surface area contributed by atoms with Gasteiger partial charge in [0, 0.05) is 87.5 Å². The second kappa shape index (κ2) is 39.4. The number of nitrogens with one attached hydrogen (secondary N) is 5. The van der Waals surface area contributed by atoms with Gasteiger partial charge in [-0.3, -0.25) is 48.2 Å². The van der Waals surface area contributed by atoms with E-state index in [-0.39, 0.29) is 87.4 Å². The SMILES string of the molecule is COc1cc2c(cc1OCCCOc1cc3c(cc1OC)C(=O)N1C=C(c4ccc(NC(=O)C(C)NC(=O)C(NC(=O)CCOCCOCCOCCOCCOCCOCCOCCOCCNC(=O)CCN5C(=O)C=CC5=O)C(C)C)cc4)CC1CN3)N=CC1CC(C3CC3)=CN1C2=O. The van der Waals surface area contributed by atoms with Crippen LogP contribution < -0.4 is 45.5 Å². The number of nitrogens with zero attached hydrogens (tertiary/aromatic N) is 4. The summed E-state index contributed by atoms with van der Waals surface area (Å²) < 4.78 is 67.8. The van der Waals surface area contributed by atoms with E-state index in [4.69, 9.17) is 61.8 Å². The van der Waals surface area contributed by atoms with Crippen molar-refractivity contribution in [1.29, 1.82) is 0 Å². The number of methoxy groups -OCH3 is 2. The Morgan fingerprint density at radius 1 is 0.584 bits per heavy atom. The van der Waals surface area contributed by atoms with Crippen molar-refractivity contribution in [3.63, 3.8) is 0 Å². The molecule has 6 aliphatic rings. The van der Waals surface area contributed by atoms with Crippen LogP contribution in [0.4, 0.5) is 17.1 Å². The predicted octanol–water partition coefficient (Wildman–Crippen LogP) is 5.00. The molecule has 0 saturated heterocycles. The Hall–Kier alpha value is -8.81. The molecule has 29 heteroatoms. The first-order valence-electron chi connectivity index (χ1n) is 34.6. The number of aliphatic imine (C=N–C) groups is 1. The first kappa shape index (κ1) is 76.4. The van der Waals surface area contributed by atoms with Crippen molar-refractivity contribution >= 4 is 76.1 Å². The molecule has 5 N–H and O–H groups in total. The number of anilines is 2. The topological polar surface area (TPSA) is 330 Å². The lowest BCUT2D eigenvalue weighted by Crippen LogP contribution is -2.53. The van der Waals surface area contributed by atoms with E-state index < -0.39 is 35.7 Å². The van der Waals surface area contributed by atoms with E-state index in [2.05, 4.69) is 26.6 Å². The fourth-order valence-corrected chi connectivity index (χ4v) is 11.5. The van der Waals surface area contributed by atoms with Crippen molar-refractivity contribution in [2.45, 2.75) is 89.9 Å². The van der Waals surface area contributed by atoms with E-state index >= 15 is 0 Å². The fourth-order valence-electron chi connectivity index (χ4n) is 11.5. The second-order valence-electron chi connectivity index (χ2n) is 25.0. The molecular formula is C72H95N9O20. The van der Waals surface area contributed by atoms with Gasteiger partial charge in [0.2, 0.25) is 23.6 Å². The Bertz CT molecular complexity index is 3450. The third-order valence-corrected chi connectivity index (χ3v) is 17.2. The lowest BCUT2D eigenvalue weighted by atomic mass is 10.0. The Morgan fingerprint density at radius 3 is 1.71 bits per heavy atom. The zero-order valence-corrected chi connectivity index (χ0v) is 58.2. The highest BCUT2D eigenvalue weighted by Gasteiger charge is 2.39. The van der Waals surface area contributed by atoms with Gasteiger partial charge in [-0.05, 0) is 85.4 Å². The number of ether oxygens (including phenoxy) is 12. The molecule has 3 aromatic carbocycles. The zero-order valence-electron chi connectivity index (χ0n) is 58.2. The summed E-state index contributed by atoms with van der Waals surface area (Å²) in [7, 11) is 3.07. The van der Waals surface area contributed by atoms with Gasteiger partial charge < -0.3 is 93.2 Å². The molecule has 5 aliphatic heterocycles. The predicted molar refractivity (Wildman–Crippen MR) is 370 cm³/mol. The average molecular weight is 1410 g/mol. The van der Waals surface area contributed by atoms with Gasteiger partial charge in [-0.25, -0.2) is 0 Å². The molecule has 9 rings (SSSR count). The zero-order chi connectivity index (χ0) is 71.5. The summed E-state index contributed by atoms with van der Waals surface area (Å²) in [6.07, 6.45) is 12.4. The number of carbonyl (C=O) groups excluding carboxylic acids is 8. The summed E-state index contributed by atoms with van der Waals surface area (Å²) in [5.74, 6) is -0.623. The summed E-state index contributed by atoms with van der Waals surface area (Å²) in [4.78, 5) is 112. The van der Waals surface area contributed by atoms with Crippen LogP contribution >= 0.6 is 0 Å². The van der Waals surface area contributed by atoms with Crippen LogP contribution in [0.5, 0.6) is 23.0 Å². The maximum atomic E-state index is 14.2. The molecule has 8 amide bonds. The van der Waals surface area contributed by atoms with Crippen LogP contribution in [0.3, 0.4) is 0 Å². The molecule has 5 heterocycles. The molecule has 1 aliphatic carbocycles. The van der Waals surface area contributed by atoms with Gasteiger partial charge in [0.1, 0.15) is 12.1 Å². The highest BCUT2D eigenvalue weighted by molar-refractivity contribution is 6.13. The third kappa shape index (κ3) is 22.8. The van der Waals surface area contributed by atoms with Gasteiger partial charge in [-0.2, -0.15) is 0 Å². The number of fused-ring (bicyclic) bond motifs is 4. The van der Waals surface area contributed by atoms with Gasteiger partial charge >= 0.3 is 0 Å². The van der Waals surface area contributed by atoms with Crippen LogP contribution in [0.15, 0.2) is 83.6 Å². The summed E-state index contributed by atoms with van der Waals surface area (Å²) in [5.41, 5.74) is 5.72. The first-order chi connectivity index (χ1) is 49.1. The van der Waals surface area contributed by atoms with Crippen molar-refractivity contribution in [2.24, 2.45) is 16.8 Å². The normalized spacial score (nSPS) is 17.3. The lowest BCUT2D eigenvalue weighted by molar-refractivity contribution is -0.137.